The standard InChI is InChI=1S/C22H46N2O/c1-3-5-6-7-8-9-10-11-12-13-14-15-18-21(23)19-16-20-24-22(25)17-4-2/h21H,3-20,23H2,1-2H3,(H,24,25). The highest BCUT2D eigenvalue weighted by molar-refractivity contribution is 5.75. The number of rotatable bonds is 19. The second-order valence-corrected chi connectivity index (χ2v) is 7.68. The van der Waals surface area contributed by atoms with E-state index in [0.29, 0.717) is 12.5 Å². The molecule has 0 saturated carbocycles. The van der Waals surface area contributed by atoms with Crippen LogP contribution in [0.25, 0.3) is 0 Å². The summed E-state index contributed by atoms with van der Waals surface area (Å²) in [6.07, 6.45) is 21.4. The molecule has 1 atom stereocenters. The number of hydrogen-bond acceptors (Lipinski definition) is 2. The largest absolute Gasteiger partial charge is 0.356 e. The van der Waals surface area contributed by atoms with Crippen LogP contribution in [0.2, 0.25) is 0 Å². The van der Waals surface area contributed by atoms with E-state index in [1.807, 2.05) is 6.92 Å². The molecular weight excluding hydrogens is 308 g/mol. The van der Waals surface area contributed by atoms with E-state index in [1.54, 1.807) is 0 Å². The first kappa shape index (κ1) is 24.4. The molecule has 150 valence electrons. The minimum Gasteiger partial charge on any atom is -0.356 e. The lowest BCUT2D eigenvalue weighted by molar-refractivity contribution is -0.121. The highest BCUT2D eigenvalue weighted by Gasteiger charge is 2.03. The third-order valence-electron chi connectivity index (χ3n) is 4.98. The molecule has 3 N–H and O–H groups in total. The third kappa shape index (κ3) is 19.6. The summed E-state index contributed by atoms with van der Waals surface area (Å²) in [5, 5.41) is 2.96. The van der Waals surface area contributed by atoms with Crippen LogP contribution in [0.15, 0.2) is 0 Å². The van der Waals surface area contributed by atoms with Gasteiger partial charge in [-0.2, -0.15) is 0 Å². The molecule has 3 heteroatoms. The van der Waals surface area contributed by atoms with Crippen molar-refractivity contribution in [3.8, 4) is 0 Å². The van der Waals surface area contributed by atoms with Crippen LogP contribution in [-0.4, -0.2) is 18.5 Å². The number of nitrogens with two attached hydrogens (primary N) is 1. The quantitative estimate of drug-likeness (QED) is 0.275. The molecule has 1 unspecified atom stereocenters. The normalized spacial score (nSPS) is 12.3. The van der Waals surface area contributed by atoms with Gasteiger partial charge in [-0.25, -0.2) is 0 Å². The van der Waals surface area contributed by atoms with Gasteiger partial charge in [-0.05, 0) is 25.7 Å². The van der Waals surface area contributed by atoms with Gasteiger partial charge < -0.3 is 11.1 Å². The molecule has 0 aromatic carbocycles. The molecule has 0 radical (unpaired) electrons. The Bertz CT molecular complexity index is 281. The average molecular weight is 355 g/mol. The molecule has 0 fully saturated rings. The van der Waals surface area contributed by atoms with Crippen molar-refractivity contribution in [2.75, 3.05) is 6.54 Å². The van der Waals surface area contributed by atoms with Crippen LogP contribution in [0, 0.1) is 0 Å². The molecule has 25 heavy (non-hydrogen) atoms. The maximum absolute atomic E-state index is 11.3. The van der Waals surface area contributed by atoms with Crippen LogP contribution >= 0.6 is 0 Å². The molecule has 0 rings (SSSR count). The van der Waals surface area contributed by atoms with E-state index >= 15 is 0 Å². The minimum absolute atomic E-state index is 0.178. The smallest absolute Gasteiger partial charge is 0.219 e. The first-order chi connectivity index (χ1) is 12.2. The molecule has 0 bridgehead atoms. The SMILES string of the molecule is CCCCCCCCCCCCCCC(N)CCCNC(=O)CCC. The molecule has 0 aliphatic heterocycles. The Kier molecular flexibility index (Phi) is 19.3. The van der Waals surface area contributed by atoms with Gasteiger partial charge in [0.05, 0.1) is 0 Å². The second-order valence-electron chi connectivity index (χ2n) is 7.68. The molecule has 0 heterocycles. The van der Waals surface area contributed by atoms with E-state index in [4.69, 9.17) is 5.73 Å². The highest BCUT2D eigenvalue weighted by atomic mass is 16.1. The summed E-state index contributed by atoms with van der Waals surface area (Å²) in [5.41, 5.74) is 6.17. The van der Waals surface area contributed by atoms with Crippen LogP contribution in [0.4, 0.5) is 0 Å². The Hall–Kier alpha value is -0.570. The summed E-state index contributed by atoms with van der Waals surface area (Å²) in [6.45, 7) is 5.09. The van der Waals surface area contributed by atoms with E-state index in [2.05, 4.69) is 12.2 Å². The fourth-order valence-corrected chi connectivity index (χ4v) is 3.30. The first-order valence-electron chi connectivity index (χ1n) is 11.2. The maximum Gasteiger partial charge on any atom is 0.219 e. The predicted molar refractivity (Wildman–Crippen MR) is 111 cm³/mol. The van der Waals surface area contributed by atoms with E-state index in [0.717, 1.165) is 32.2 Å². The summed E-state index contributed by atoms with van der Waals surface area (Å²) in [6, 6.07) is 0.311. The average Bonchev–Trinajstić information content (AvgIpc) is 2.60. The fraction of sp³-hybridized carbons (Fsp3) is 0.955. The van der Waals surface area contributed by atoms with Crippen molar-refractivity contribution in [2.45, 2.75) is 129 Å². The van der Waals surface area contributed by atoms with Crippen molar-refractivity contribution in [1.29, 1.82) is 0 Å². The van der Waals surface area contributed by atoms with Gasteiger partial charge in [0, 0.05) is 19.0 Å². The number of amides is 1. The van der Waals surface area contributed by atoms with Crippen molar-refractivity contribution >= 4 is 5.91 Å². The van der Waals surface area contributed by atoms with E-state index in [-0.39, 0.29) is 5.91 Å². The molecule has 0 aliphatic carbocycles. The zero-order chi connectivity index (χ0) is 18.6. The monoisotopic (exact) mass is 354 g/mol. The van der Waals surface area contributed by atoms with E-state index < -0.39 is 0 Å². The summed E-state index contributed by atoms with van der Waals surface area (Å²) >= 11 is 0. The minimum atomic E-state index is 0.178. The van der Waals surface area contributed by atoms with Crippen LogP contribution < -0.4 is 11.1 Å². The van der Waals surface area contributed by atoms with Crippen molar-refractivity contribution < 1.29 is 4.79 Å². The van der Waals surface area contributed by atoms with Crippen molar-refractivity contribution in [1.82, 2.24) is 5.32 Å². The van der Waals surface area contributed by atoms with Gasteiger partial charge in [0.15, 0.2) is 0 Å². The van der Waals surface area contributed by atoms with Crippen LogP contribution in [0.3, 0.4) is 0 Å². The summed E-state index contributed by atoms with van der Waals surface area (Å²) in [7, 11) is 0. The van der Waals surface area contributed by atoms with Gasteiger partial charge in [-0.15, -0.1) is 0 Å². The van der Waals surface area contributed by atoms with Crippen molar-refractivity contribution in [3.63, 3.8) is 0 Å². The second kappa shape index (κ2) is 19.8. The van der Waals surface area contributed by atoms with Gasteiger partial charge >= 0.3 is 0 Å². The Morgan fingerprint density at radius 1 is 0.720 bits per heavy atom. The van der Waals surface area contributed by atoms with Gasteiger partial charge in [-0.3, -0.25) is 4.79 Å². The van der Waals surface area contributed by atoms with Gasteiger partial charge in [0.2, 0.25) is 5.91 Å². The number of carbonyl (C=O) groups excluding carboxylic acids is 1. The molecule has 0 aromatic heterocycles. The van der Waals surface area contributed by atoms with E-state index in [1.165, 1.54) is 77.0 Å². The molecule has 3 nitrogen and oxygen atoms in total. The molecule has 0 aromatic rings. The number of hydrogen-bond donors (Lipinski definition) is 2. The third-order valence-corrected chi connectivity index (χ3v) is 4.98. The summed E-state index contributed by atoms with van der Waals surface area (Å²) in [4.78, 5) is 11.3. The Labute approximate surface area is 157 Å². The Balaban J connectivity index is 3.19. The van der Waals surface area contributed by atoms with Crippen molar-refractivity contribution in [2.24, 2.45) is 5.73 Å². The van der Waals surface area contributed by atoms with Crippen LogP contribution in [-0.2, 0) is 4.79 Å². The van der Waals surface area contributed by atoms with Crippen molar-refractivity contribution in [3.05, 3.63) is 0 Å². The number of nitrogens with one attached hydrogen (secondary N) is 1. The highest BCUT2D eigenvalue weighted by Crippen LogP contribution is 2.13. The van der Waals surface area contributed by atoms with E-state index in [9.17, 15) is 4.79 Å². The molecule has 0 aliphatic rings. The van der Waals surface area contributed by atoms with Gasteiger partial charge in [0.25, 0.3) is 0 Å². The summed E-state index contributed by atoms with van der Waals surface area (Å²) < 4.78 is 0. The Morgan fingerprint density at radius 2 is 1.20 bits per heavy atom. The zero-order valence-corrected chi connectivity index (χ0v) is 17.3. The molecule has 0 spiro atoms. The molecule has 0 saturated heterocycles. The molecular formula is C22H46N2O. The van der Waals surface area contributed by atoms with Gasteiger partial charge in [-0.1, -0.05) is 90.9 Å². The van der Waals surface area contributed by atoms with Crippen LogP contribution in [0.5, 0.6) is 0 Å². The maximum atomic E-state index is 11.3. The molecule has 1 amide bonds. The lowest BCUT2D eigenvalue weighted by atomic mass is 10.0. The number of carbonyl (C=O) groups is 1. The summed E-state index contributed by atoms with van der Waals surface area (Å²) in [5.74, 6) is 0.178. The lowest BCUT2D eigenvalue weighted by Crippen LogP contribution is -2.26. The first-order valence-corrected chi connectivity index (χ1v) is 11.2. The lowest BCUT2D eigenvalue weighted by Gasteiger charge is -2.11. The fourth-order valence-electron chi connectivity index (χ4n) is 3.30. The topological polar surface area (TPSA) is 55.1 Å². The number of unbranched alkanes of at least 4 members (excludes halogenated alkanes) is 11. The zero-order valence-electron chi connectivity index (χ0n) is 17.3. The Morgan fingerprint density at radius 3 is 1.72 bits per heavy atom. The predicted octanol–water partition coefficient (Wildman–Crippen LogP) is 6.10. The van der Waals surface area contributed by atoms with Gasteiger partial charge in [0.1, 0.15) is 0 Å². The van der Waals surface area contributed by atoms with Crippen LogP contribution in [0.1, 0.15) is 123 Å².